The summed E-state index contributed by atoms with van der Waals surface area (Å²) in [5, 5.41) is 0.819. The van der Waals surface area contributed by atoms with E-state index in [1.54, 1.807) is 0 Å². The topological polar surface area (TPSA) is 29.3 Å². The van der Waals surface area contributed by atoms with Crippen molar-refractivity contribution in [2.75, 3.05) is 13.1 Å². The first-order chi connectivity index (χ1) is 9.17. The minimum atomic E-state index is 0.232. The molecule has 2 unspecified atom stereocenters. The van der Waals surface area contributed by atoms with Crippen LogP contribution >= 0.6 is 27.5 Å². The van der Waals surface area contributed by atoms with Crippen molar-refractivity contribution in [1.29, 1.82) is 0 Å². The van der Waals surface area contributed by atoms with Crippen molar-refractivity contribution in [2.45, 2.75) is 44.7 Å². The molecule has 0 amide bonds. The average Bonchev–Trinajstić information content (AvgIpc) is 2.44. The summed E-state index contributed by atoms with van der Waals surface area (Å²) in [4.78, 5) is 2.55. The number of benzene rings is 1. The lowest BCUT2D eigenvalue weighted by Gasteiger charge is -2.41. The molecule has 0 saturated carbocycles. The largest absolute Gasteiger partial charge is 0.329 e. The molecule has 1 aliphatic heterocycles. The summed E-state index contributed by atoms with van der Waals surface area (Å²) in [7, 11) is 0. The van der Waals surface area contributed by atoms with Gasteiger partial charge in [-0.1, -0.05) is 40.9 Å². The van der Waals surface area contributed by atoms with Crippen LogP contribution in [-0.4, -0.2) is 24.0 Å². The zero-order valence-corrected chi connectivity index (χ0v) is 13.8. The standard InChI is InChI=1S/C15H22BrClN2/c1-2-12-5-3-4-8-19(12)15(10-18)13-9-11(16)6-7-14(13)17/h6-7,9,12,15H,2-5,8,10,18H2,1H3. The van der Waals surface area contributed by atoms with Crippen molar-refractivity contribution in [1.82, 2.24) is 4.90 Å². The molecule has 2 N–H and O–H groups in total. The summed E-state index contributed by atoms with van der Waals surface area (Å²) in [6, 6.07) is 6.91. The summed E-state index contributed by atoms with van der Waals surface area (Å²) in [5.41, 5.74) is 7.21. The van der Waals surface area contributed by atoms with Crippen LogP contribution in [0, 0.1) is 0 Å². The zero-order valence-electron chi connectivity index (χ0n) is 11.4. The van der Waals surface area contributed by atoms with Gasteiger partial charge in [0.1, 0.15) is 0 Å². The predicted molar refractivity (Wildman–Crippen MR) is 85.6 cm³/mol. The predicted octanol–water partition coefficient (Wildman–Crippen LogP) is 4.37. The number of hydrogen-bond acceptors (Lipinski definition) is 2. The third-order valence-corrected chi connectivity index (χ3v) is 4.92. The molecule has 2 rings (SSSR count). The number of likely N-dealkylation sites (tertiary alicyclic amines) is 1. The Bertz CT molecular complexity index is 425. The van der Waals surface area contributed by atoms with Gasteiger partial charge >= 0.3 is 0 Å². The van der Waals surface area contributed by atoms with Gasteiger partial charge in [0.15, 0.2) is 0 Å². The SMILES string of the molecule is CCC1CCCCN1C(CN)c1cc(Br)ccc1Cl. The Hall–Kier alpha value is -0.0900. The first kappa shape index (κ1) is 15.3. The second kappa shape index (κ2) is 7.07. The highest BCUT2D eigenvalue weighted by molar-refractivity contribution is 9.10. The molecule has 2 atom stereocenters. The number of hydrogen-bond donors (Lipinski definition) is 1. The third kappa shape index (κ3) is 3.52. The summed E-state index contributed by atoms with van der Waals surface area (Å²) < 4.78 is 1.07. The molecule has 1 aromatic rings. The van der Waals surface area contributed by atoms with Gasteiger partial charge in [0.05, 0.1) is 0 Å². The Kier molecular flexibility index (Phi) is 5.70. The number of halogens is 2. The van der Waals surface area contributed by atoms with Crippen LogP contribution in [0.15, 0.2) is 22.7 Å². The van der Waals surface area contributed by atoms with Crippen molar-refractivity contribution in [3.05, 3.63) is 33.3 Å². The van der Waals surface area contributed by atoms with Crippen LogP contribution in [0.5, 0.6) is 0 Å². The molecule has 1 aromatic carbocycles. The number of rotatable bonds is 4. The fourth-order valence-corrected chi connectivity index (χ4v) is 3.70. The maximum absolute atomic E-state index is 6.38. The fraction of sp³-hybridized carbons (Fsp3) is 0.600. The Morgan fingerprint density at radius 3 is 2.95 bits per heavy atom. The number of nitrogens with zero attached hydrogens (tertiary/aromatic N) is 1. The van der Waals surface area contributed by atoms with E-state index >= 15 is 0 Å². The van der Waals surface area contributed by atoms with Crippen LogP contribution in [-0.2, 0) is 0 Å². The summed E-state index contributed by atoms with van der Waals surface area (Å²) in [5.74, 6) is 0. The van der Waals surface area contributed by atoms with Gasteiger partial charge in [0, 0.05) is 28.1 Å². The highest BCUT2D eigenvalue weighted by Gasteiger charge is 2.29. The van der Waals surface area contributed by atoms with E-state index in [2.05, 4.69) is 33.8 Å². The van der Waals surface area contributed by atoms with E-state index in [1.807, 2.05) is 12.1 Å². The van der Waals surface area contributed by atoms with Crippen LogP contribution < -0.4 is 5.73 Å². The van der Waals surface area contributed by atoms with E-state index < -0.39 is 0 Å². The van der Waals surface area contributed by atoms with Crippen LogP contribution in [0.25, 0.3) is 0 Å². The van der Waals surface area contributed by atoms with Crippen LogP contribution in [0.4, 0.5) is 0 Å². The fourth-order valence-electron chi connectivity index (χ4n) is 3.08. The maximum Gasteiger partial charge on any atom is 0.0488 e. The Morgan fingerprint density at radius 2 is 2.26 bits per heavy atom. The minimum absolute atomic E-state index is 0.232. The lowest BCUT2D eigenvalue weighted by atomic mass is 9.95. The molecule has 1 fully saturated rings. The minimum Gasteiger partial charge on any atom is -0.329 e. The van der Waals surface area contributed by atoms with Gasteiger partial charge in [0.25, 0.3) is 0 Å². The van der Waals surface area contributed by atoms with Crippen molar-refractivity contribution in [2.24, 2.45) is 5.73 Å². The van der Waals surface area contributed by atoms with Crippen LogP contribution in [0.3, 0.4) is 0 Å². The van der Waals surface area contributed by atoms with E-state index in [-0.39, 0.29) is 6.04 Å². The van der Waals surface area contributed by atoms with Gasteiger partial charge in [-0.15, -0.1) is 0 Å². The number of piperidine rings is 1. The van der Waals surface area contributed by atoms with Crippen molar-refractivity contribution < 1.29 is 0 Å². The van der Waals surface area contributed by atoms with Crippen LogP contribution in [0.1, 0.15) is 44.2 Å². The summed E-state index contributed by atoms with van der Waals surface area (Å²) in [6.45, 7) is 4.01. The zero-order chi connectivity index (χ0) is 13.8. The molecule has 1 heterocycles. The highest BCUT2D eigenvalue weighted by atomic mass is 79.9. The van der Waals surface area contributed by atoms with E-state index in [0.29, 0.717) is 12.6 Å². The van der Waals surface area contributed by atoms with E-state index in [1.165, 1.54) is 25.7 Å². The highest BCUT2D eigenvalue weighted by Crippen LogP contribution is 2.34. The quantitative estimate of drug-likeness (QED) is 0.878. The van der Waals surface area contributed by atoms with Crippen molar-refractivity contribution in [3.63, 3.8) is 0 Å². The normalized spacial score (nSPS) is 22.4. The second-order valence-electron chi connectivity index (χ2n) is 5.21. The van der Waals surface area contributed by atoms with E-state index in [9.17, 15) is 0 Å². The number of nitrogens with two attached hydrogens (primary N) is 1. The van der Waals surface area contributed by atoms with Gasteiger partial charge < -0.3 is 5.73 Å². The van der Waals surface area contributed by atoms with E-state index in [0.717, 1.165) is 21.6 Å². The van der Waals surface area contributed by atoms with Crippen molar-refractivity contribution >= 4 is 27.5 Å². The second-order valence-corrected chi connectivity index (χ2v) is 6.54. The molecule has 0 bridgehead atoms. The Balaban J connectivity index is 2.29. The molecule has 19 heavy (non-hydrogen) atoms. The summed E-state index contributed by atoms with van der Waals surface area (Å²) in [6.07, 6.45) is 5.05. The van der Waals surface area contributed by atoms with Gasteiger partial charge in [0.2, 0.25) is 0 Å². The van der Waals surface area contributed by atoms with Crippen molar-refractivity contribution in [3.8, 4) is 0 Å². The molecular formula is C15H22BrClN2. The Labute approximate surface area is 129 Å². The molecule has 2 nitrogen and oxygen atoms in total. The molecule has 1 saturated heterocycles. The molecule has 0 radical (unpaired) electrons. The molecule has 0 aromatic heterocycles. The molecule has 106 valence electrons. The lowest BCUT2D eigenvalue weighted by molar-refractivity contribution is 0.0949. The first-order valence-electron chi connectivity index (χ1n) is 7.08. The van der Waals surface area contributed by atoms with Gasteiger partial charge in [-0.25, -0.2) is 0 Å². The molecule has 1 aliphatic rings. The smallest absolute Gasteiger partial charge is 0.0488 e. The van der Waals surface area contributed by atoms with Crippen LogP contribution in [0.2, 0.25) is 5.02 Å². The van der Waals surface area contributed by atoms with Gasteiger partial charge in [-0.05, 0) is 49.6 Å². The third-order valence-electron chi connectivity index (χ3n) is 4.08. The van der Waals surface area contributed by atoms with Gasteiger partial charge in [-0.2, -0.15) is 0 Å². The summed E-state index contributed by atoms with van der Waals surface area (Å²) >= 11 is 9.91. The molecule has 4 heteroatoms. The molecule has 0 spiro atoms. The maximum atomic E-state index is 6.38. The average molecular weight is 346 g/mol. The van der Waals surface area contributed by atoms with E-state index in [4.69, 9.17) is 17.3 Å². The molecular weight excluding hydrogens is 324 g/mol. The molecule has 0 aliphatic carbocycles. The monoisotopic (exact) mass is 344 g/mol. The van der Waals surface area contributed by atoms with Gasteiger partial charge in [-0.3, -0.25) is 4.90 Å². The Morgan fingerprint density at radius 1 is 1.47 bits per heavy atom. The first-order valence-corrected chi connectivity index (χ1v) is 8.25. The lowest BCUT2D eigenvalue weighted by Crippen LogP contribution is -2.44.